The van der Waals surface area contributed by atoms with Crippen molar-refractivity contribution in [1.82, 2.24) is 28.3 Å². The third kappa shape index (κ3) is 7.32. The van der Waals surface area contributed by atoms with Gasteiger partial charge in [0.25, 0.3) is 0 Å². The number of rotatable bonds is 5. The summed E-state index contributed by atoms with van der Waals surface area (Å²) < 4.78 is 13.8. The topological polar surface area (TPSA) is 30.3 Å². The van der Waals surface area contributed by atoms with Crippen molar-refractivity contribution in [3.8, 4) is 55.6 Å². The normalized spacial score (nSPS) is 15.9. The molecule has 382 valence electrons. The van der Waals surface area contributed by atoms with E-state index in [0.29, 0.717) is 0 Å². The fourth-order valence-corrected chi connectivity index (χ4v) is 20.1. The Balaban J connectivity index is 0.907. The van der Waals surface area contributed by atoms with Crippen molar-refractivity contribution in [2.45, 2.75) is 26.2 Å². The molecule has 1 fully saturated rings. The van der Waals surface area contributed by atoms with Crippen LogP contribution in [0.2, 0.25) is 0 Å². The Morgan fingerprint density at radius 1 is 0.432 bits per heavy atom. The van der Waals surface area contributed by atoms with Crippen molar-refractivity contribution in [2.24, 2.45) is 0 Å². The Bertz CT molecular complexity index is 4420. The minimum absolute atomic E-state index is 0.0123. The molecule has 0 atom stereocenters. The molecule has 0 radical (unpaired) electrons. The van der Waals surface area contributed by atoms with Gasteiger partial charge in [0.05, 0.1) is 21.3 Å². The second-order valence-electron chi connectivity index (χ2n) is 23.1. The van der Waals surface area contributed by atoms with E-state index in [1.165, 1.54) is 92.2 Å². The number of hydrogen-bond acceptors (Lipinski definition) is 6. The zero-order valence-electron chi connectivity index (χ0n) is 45.4. The largest absolute Gasteiger partial charge is 0.423 e. The number of imidazole rings is 1. The molecule has 6 aliphatic rings. The molecule has 0 spiro atoms. The first kappa shape index (κ1) is 48.0. The van der Waals surface area contributed by atoms with Crippen molar-refractivity contribution in [3.05, 3.63) is 284 Å². The predicted octanol–water partition coefficient (Wildman–Crippen LogP) is 13.7. The molecule has 5 aliphatic heterocycles. The maximum atomic E-state index is 5.15. The molecule has 8 aromatic carbocycles. The molecule has 1 aliphatic carbocycles. The number of nitrogens with zero attached hydrogens (tertiary/aromatic N) is 6. The van der Waals surface area contributed by atoms with Crippen LogP contribution in [-0.2, 0) is 5.41 Å². The Hall–Kier alpha value is -8.95. The second kappa shape index (κ2) is 18.6. The third-order valence-electron chi connectivity index (χ3n) is 17.7. The molecular formula is C69H54B4N6SSi. The summed E-state index contributed by atoms with van der Waals surface area (Å²) >= 11 is 1.80. The molecular weight excluding hydrogens is 1020 g/mol. The van der Waals surface area contributed by atoms with Crippen LogP contribution in [0.5, 0.6) is 0 Å². The molecule has 81 heavy (non-hydrogen) atoms. The average Bonchev–Trinajstić information content (AvgIpc) is 4.29. The Morgan fingerprint density at radius 3 is 1.54 bits per heavy atom. The average molecular weight is 1070 g/mol. The SMILES string of the molecule is CC(C)(C)c1ccc2c(sc3nc4ccccc4n32)c1-c1ccc2c(c1)-c1ccccc1-c1ccc([Si](C3=CN4B5C=CC=CN5B5C=CC=CN5B5C=CC=CN5B4C=C3)(c3ccccc3)c3ccccc3)cc1-c1ccccc1-2. The summed E-state index contributed by atoms with van der Waals surface area (Å²) in [6.45, 7) is 6.93. The van der Waals surface area contributed by atoms with Gasteiger partial charge in [-0.1, -0.05) is 238 Å². The Kier molecular flexibility index (Phi) is 11.0. The zero-order chi connectivity index (χ0) is 54.0. The molecule has 0 N–H and O–H groups in total. The number of fused-ring (bicyclic) bond motifs is 21. The van der Waals surface area contributed by atoms with Gasteiger partial charge >= 0.3 is 27.9 Å². The lowest BCUT2D eigenvalue weighted by Gasteiger charge is -2.54. The molecule has 16 rings (SSSR count). The lowest BCUT2D eigenvalue weighted by Crippen LogP contribution is -2.74. The lowest BCUT2D eigenvalue weighted by molar-refractivity contribution is 0.593. The molecule has 1 saturated heterocycles. The van der Waals surface area contributed by atoms with Crippen molar-refractivity contribution in [2.75, 3.05) is 0 Å². The monoisotopic (exact) mass is 1070 g/mol. The van der Waals surface area contributed by atoms with Gasteiger partial charge in [0.1, 0.15) is 0 Å². The van der Waals surface area contributed by atoms with E-state index >= 15 is 0 Å². The van der Waals surface area contributed by atoms with Gasteiger partial charge in [-0.15, -0.1) is 0 Å². The highest BCUT2D eigenvalue weighted by atomic mass is 32.1. The third-order valence-corrected chi connectivity index (χ3v) is 23.5. The van der Waals surface area contributed by atoms with Crippen molar-refractivity contribution >= 4 is 89.1 Å². The highest BCUT2D eigenvalue weighted by Gasteiger charge is 2.52. The van der Waals surface area contributed by atoms with Gasteiger partial charge in [0.15, 0.2) is 13.0 Å². The van der Waals surface area contributed by atoms with Gasteiger partial charge in [-0.25, -0.2) is 4.98 Å². The van der Waals surface area contributed by atoms with Crippen LogP contribution in [-0.4, -0.2) is 64.3 Å². The predicted molar refractivity (Wildman–Crippen MR) is 347 cm³/mol. The van der Waals surface area contributed by atoms with Crippen LogP contribution in [0.15, 0.2) is 278 Å². The van der Waals surface area contributed by atoms with E-state index in [9.17, 15) is 0 Å². The van der Waals surface area contributed by atoms with Gasteiger partial charge in [-0.3, -0.25) is 4.40 Å². The maximum absolute atomic E-state index is 5.15. The van der Waals surface area contributed by atoms with Crippen molar-refractivity contribution in [1.29, 1.82) is 0 Å². The van der Waals surface area contributed by atoms with E-state index in [-0.39, 0.29) is 33.3 Å². The molecule has 0 amide bonds. The van der Waals surface area contributed by atoms with E-state index < -0.39 is 8.07 Å². The van der Waals surface area contributed by atoms with Crippen LogP contribution in [0, 0.1) is 0 Å². The van der Waals surface area contributed by atoms with Gasteiger partial charge in [-0.05, 0) is 149 Å². The fourth-order valence-electron chi connectivity index (χ4n) is 14.1. The number of para-hydroxylation sites is 2. The first-order valence-corrected chi connectivity index (χ1v) is 31.1. The van der Waals surface area contributed by atoms with Crippen LogP contribution in [0.1, 0.15) is 26.3 Å². The minimum atomic E-state index is -3.17. The zero-order valence-corrected chi connectivity index (χ0v) is 47.2. The van der Waals surface area contributed by atoms with Crippen molar-refractivity contribution in [3.63, 3.8) is 0 Å². The summed E-state index contributed by atoms with van der Waals surface area (Å²) in [5.41, 5.74) is 16.9. The smallest absolute Gasteiger partial charge is 0.380 e. The molecule has 10 aromatic rings. The number of hydrogen-bond donors (Lipinski definition) is 0. The van der Waals surface area contributed by atoms with E-state index in [1.54, 1.807) is 11.3 Å². The van der Waals surface area contributed by atoms with E-state index in [0.717, 1.165) is 16.0 Å². The number of thiazole rings is 1. The van der Waals surface area contributed by atoms with Crippen molar-refractivity contribution < 1.29 is 0 Å². The van der Waals surface area contributed by atoms with Crippen LogP contribution in [0.25, 0.3) is 81.8 Å². The fraction of sp³-hybridized carbons (Fsp3) is 0.0580. The maximum Gasteiger partial charge on any atom is 0.380 e. The molecule has 0 unspecified atom stereocenters. The summed E-state index contributed by atoms with van der Waals surface area (Å²) in [7, 11) is -3.17. The second-order valence-corrected chi connectivity index (χ2v) is 27.9. The highest BCUT2D eigenvalue weighted by molar-refractivity contribution is 7.24. The molecule has 12 heteroatoms. The van der Waals surface area contributed by atoms with Crippen LogP contribution >= 0.6 is 11.3 Å². The van der Waals surface area contributed by atoms with Crippen LogP contribution in [0.3, 0.4) is 0 Å². The summed E-state index contributed by atoms with van der Waals surface area (Å²) in [5, 5.41) is 5.35. The van der Waals surface area contributed by atoms with E-state index in [2.05, 4.69) is 317 Å². The summed E-state index contributed by atoms with van der Waals surface area (Å²) in [6.07, 6.45) is 25.0. The van der Waals surface area contributed by atoms with E-state index in [1.807, 2.05) is 0 Å². The number of benzene rings is 8. The van der Waals surface area contributed by atoms with Gasteiger partial charge in [0, 0.05) is 5.56 Å². The number of allylic oxidation sites excluding steroid dienone is 8. The minimum Gasteiger partial charge on any atom is -0.423 e. The van der Waals surface area contributed by atoms with Crippen LogP contribution < -0.4 is 15.6 Å². The first-order chi connectivity index (χ1) is 39.8. The lowest BCUT2D eigenvalue weighted by atomic mass is 9.42. The first-order valence-electron chi connectivity index (χ1n) is 28.3. The molecule has 7 heterocycles. The van der Waals surface area contributed by atoms with Gasteiger partial charge in [0.2, 0.25) is 0 Å². The van der Waals surface area contributed by atoms with Crippen LogP contribution in [0.4, 0.5) is 0 Å². The standard InChI is InChI=1S/C69H54B4N6SSi/c1-69(2,3)62-36-37-65-67(80-68-74-63-30-14-15-31-64(63)79(65)68)66(62)49-32-34-58-55-27-11-13-29-57(55)61-47-52(33-35-59(61)54-26-10-12-28-56(54)60(58)46-49)81(50-22-6-4-7-23-50,51-24-8-5-9-25-51)53-38-42-73-77-45-20-17-40-71(77)75-43-19-16-39-70(75)76-44-21-18-41-72(76)78(73)48-53/h4-48H,1-3H3. The molecule has 6 nitrogen and oxygen atoms in total. The molecule has 0 bridgehead atoms. The Labute approximate surface area is 480 Å². The summed E-state index contributed by atoms with van der Waals surface area (Å²) in [6, 6.07) is 69.2. The Morgan fingerprint density at radius 2 is 0.938 bits per heavy atom. The molecule has 2 aromatic heterocycles. The summed E-state index contributed by atoms with van der Waals surface area (Å²) in [4.78, 5) is 6.17. The summed E-state index contributed by atoms with van der Waals surface area (Å²) in [5.74, 6) is 9.51. The van der Waals surface area contributed by atoms with Gasteiger partial charge in [-0.2, -0.15) is 0 Å². The van der Waals surface area contributed by atoms with Gasteiger partial charge < -0.3 is 18.9 Å². The number of aromatic nitrogens is 2. The van der Waals surface area contributed by atoms with E-state index in [4.69, 9.17) is 4.98 Å². The highest BCUT2D eigenvalue weighted by Crippen LogP contribution is 2.51. The quantitative estimate of drug-likeness (QED) is 0.127. The molecule has 0 saturated carbocycles.